The van der Waals surface area contributed by atoms with Gasteiger partial charge in [0.1, 0.15) is 5.78 Å². The zero-order valence-electron chi connectivity index (χ0n) is 24.4. The largest absolute Gasteiger partial charge is 0.465 e. The molecule has 0 aromatic carbocycles. The summed E-state index contributed by atoms with van der Waals surface area (Å²) in [6.07, 6.45) is 7.04. The number of ether oxygens (including phenoxy) is 1. The maximum atomic E-state index is 12.9. The highest BCUT2D eigenvalue weighted by Gasteiger charge is 2.73. The van der Waals surface area contributed by atoms with Gasteiger partial charge in [-0.05, 0) is 72.5 Å². The second-order valence-electron chi connectivity index (χ2n) is 15.2. The van der Waals surface area contributed by atoms with E-state index in [-0.39, 0.29) is 45.4 Å². The number of fused-ring (bicyclic) bond motifs is 7. The summed E-state index contributed by atoms with van der Waals surface area (Å²) in [5, 5.41) is 23.6. The Morgan fingerprint density at radius 1 is 1.03 bits per heavy atom. The Labute approximate surface area is 223 Å². The first-order chi connectivity index (χ1) is 17.1. The number of carbonyl (C=O) groups excluding carboxylic acids is 2. The van der Waals surface area contributed by atoms with Gasteiger partial charge in [0, 0.05) is 36.0 Å². The third-order valence-electron chi connectivity index (χ3n) is 13.2. The molecule has 208 valence electrons. The number of hydrogen-bond donors (Lipinski definition) is 2. The lowest BCUT2D eigenvalue weighted by Crippen LogP contribution is -2.66. The molecule has 0 aliphatic heterocycles. The molecule has 0 saturated heterocycles. The second-order valence-corrected chi connectivity index (χ2v) is 15.2. The van der Waals surface area contributed by atoms with Gasteiger partial charge in [0.05, 0.1) is 18.8 Å². The summed E-state index contributed by atoms with van der Waals surface area (Å²) in [4.78, 5) is 24.9. The van der Waals surface area contributed by atoms with Crippen molar-refractivity contribution in [3.63, 3.8) is 0 Å². The van der Waals surface area contributed by atoms with Gasteiger partial charge in [-0.1, -0.05) is 60.1 Å². The summed E-state index contributed by atoms with van der Waals surface area (Å²) in [6.45, 7) is 17.6. The number of rotatable bonds is 3. The molecule has 0 aromatic rings. The fourth-order valence-corrected chi connectivity index (χ4v) is 11.2. The minimum absolute atomic E-state index is 0.00500. The highest BCUT2D eigenvalue weighted by atomic mass is 16.5. The number of Topliss-reactive ketones (excluding diaryl/α,β-unsaturated/α-hetero) is 1. The minimum atomic E-state index is -0.500. The molecule has 5 aliphatic carbocycles. The van der Waals surface area contributed by atoms with Crippen LogP contribution in [0.3, 0.4) is 0 Å². The van der Waals surface area contributed by atoms with Gasteiger partial charge < -0.3 is 14.9 Å². The van der Waals surface area contributed by atoms with Gasteiger partial charge in [0.25, 0.3) is 0 Å². The number of aliphatic hydroxyl groups is 2. The van der Waals surface area contributed by atoms with Crippen molar-refractivity contribution in [2.45, 2.75) is 113 Å². The summed E-state index contributed by atoms with van der Waals surface area (Å²) in [7, 11) is 0. The lowest BCUT2D eigenvalue weighted by Gasteiger charge is -2.69. The SMILES string of the molecule is CC(=O)OC[C@@]12CC[C@@]3(C)[C@H]4C(=CC[C@]3(C)[C@H]1[C@H](O)C[C@@H]2C(C)C)[C@@]1(C)CCC(=O)C(C)(C)[C@H]1C[C@@H]4O. The van der Waals surface area contributed by atoms with E-state index in [1.807, 2.05) is 0 Å². The minimum Gasteiger partial charge on any atom is -0.465 e. The summed E-state index contributed by atoms with van der Waals surface area (Å²) in [5.74, 6) is 0.925. The molecule has 10 atom stereocenters. The number of esters is 1. The average molecular weight is 515 g/mol. The number of ketones is 1. The molecule has 37 heavy (non-hydrogen) atoms. The molecule has 0 radical (unpaired) electrons. The Balaban J connectivity index is 1.62. The molecule has 4 fully saturated rings. The van der Waals surface area contributed by atoms with E-state index in [1.165, 1.54) is 12.5 Å². The third-order valence-corrected chi connectivity index (χ3v) is 13.2. The van der Waals surface area contributed by atoms with E-state index in [9.17, 15) is 19.8 Å². The Morgan fingerprint density at radius 3 is 2.32 bits per heavy atom. The molecular weight excluding hydrogens is 464 g/mol. The Morgan fingerprint density at radius 2 is 1.70 bits per heavy atom. The molecule has 5 nitrogen and oxygen atoms in total. The maximum Gasteiger partial charge on any atom is 0.302 e. The maximum absolute atomic E-state index is 12.9. The fourth-order valence-electron chi connectivity index (χ4n) is 11.2. The van der Waals surface area contributed by atoms with Crippen LogP contribution >= 0.6 is 0 Å². The Kier molecular flexibility index (Phi) is 6.21. The van der Waals surface area contributed by atoms with Crippen LogP contribution in [0.2, 0.25) is 0 Å². The smallest absolute Gasteiger partial charge is 0.302 e. The van der Waals surface area contributed by atoms with E-state index >= 15 is 0 Å². The van der Waals surface area contributed by atoms with Crippen molar-refractivity contribution in [3.8, 4) is 0 Å². The van der Waals surface area contributed by atoms with Crippen molar-refractivity contribution >= 4 is 11.8 Å². The van der Waals surface area contributed by atoms with E-state index < -0.39 is 17.6 Å². The van der Waals surface area contributed by atoms with E-state index in [2.05, 4.69) is 54.5 Å². The Hall–Kier alpha value is -1.20. The predicted molar refractivity (Wildman–Crippen MR) is 143 cm³/mol. The molecule has 0 amide bonds. The van der Waals surface area contributed by atoms with Gasteiger partial charge in [-0.15, -0.1) is 0 Å². The normalized spacial score (nSPS) is 50.5. The van der Waals surface area contributed by atoms with E-state index in [1.54, 1.807) is 0 Å². The molecule has 5 heteroatoms. The highest BCUT2D eigenvalue weighted by molar-refractivity contribution is 5.85. The van der Waals surface area contributed by atoms with Crippen LogP contribution in [-0.2, 0) is 14.3 Å². The van der Waals surface area contributed by atoms with Crippen LogP contribution < -0.4 is 0 Å². The summed E-state index contributed by atoms with van der Waals surface area (Å²) >= 11 is 0. The number of carbonyl (C=O) groups is 2. The van der Waals surface area contributed by atoms with Gasteiger partial charge in [0.2, 0.25) is 0 Å². The van der Waals surface area contributed by atoms with Crippen LogP contribution in [0.25, 0.3) is 0 Å². The van der Waals surface area contributed by atoms with Crippen molar-refractivity contribution < 1.29 is 24.5 Å². The lowest BCUT2D eigenvalue weighted by atomic mass is 9.35. The predicted octanol–water partition coefficient (Wildman–Crippen LogP) is 5.72. The van der Waals surface area contributed by atoms with Gasteiger partial charge >= 0.3 is 5.97 Å². The molecule has 5 aliphatic rings. The molecular formula is C32H50O5. The van der Waals surface area contributed by atoms with E-state index in [0.29, 0.717) is 37.1 Å². The molecule has 4 saturated carbocycles. The summed E-state index contributed by atoms with van der Waals surface area (Å²) in [6, 6.07) is 0. The molecule has 0 spiro atoms. The second kappa shape index (κ2) is 8.40. The van der Waals surface area contributed by atoms with Crippen LogP contribution in [0, 0.1) is 56.7 Å². The van der Waals surface area contributed by atoms with Crippen molar-refractivity contribution in [3.05, 3.63) is 11.6 Å². The van der Waals surface area contributed by atoms with E-state index in [4.69, 9.17) is 4.74 Å². The summed E-state index contributed by atoms with van der Waals surface area (Å²) < 4.78 is 5.77. The van der Waals surface area contributed by atoms with Crippen molar-refractivity contribution in [1.29, 1.82) is 0 Å². The van der Waals surface area contributed by atoms with Crippen molar-refractivity contribution in [1.82, 2.24) is 0 Å². The quantitative estimate of drug-likeness (QED) is 0.372. The first-order valence-electron chi connectivity index (χ1n) is 14.8. The molecule has 0 bridgehead atoms. The van der Waals surface area contributed by atoms with Gasteiger partial charge in [0.15, 0.2) is 0 Å². The monoisotopic (exact) mass is 514 g/mol. The van der Waals surface area contributed by atoms with Crippen LogP contribution in [0.1, 0.15) is 100 Å². The van der Waals surface area contributed by atoms with Gasteiger partial charge in [-0.3, -0.25) is 9.59 Å². The molecule has 0 heterocycles. The number of hydrogen-bond acceptors (Lipinski definition) is 5. The van der Waals surface area contributed by atoms with Crippen LogP contribution in [0.15, 0.2) is 11.6 Å². The first kappa shape index (κ1) is 27.4. The first-order valence-corrected chi connectivity index (χ1v) is 14.8. The zero-order valence-corrected chi connectivity index (χ0v) is 24.4. The van der Waals surface area contributed by atoms with Gasteiger partial charge in [-0.2, -0.15) is 0 Å². The fraction of sp³-hybridized carbons (Fsp3) is 0.875. The van der Waals surface area contributed by atoms with E-state index in [0.717, 1.165) is 32.1 Å². The standard InChI is InChI=1S/C32H50O5/c1-18(2)21-15-23(35)27-31(8)12-9-20-26(30(31,7)13-14-32(21,27)17-37-19(3)33)22(34)16-24-28(4,5)25(36)10-11-29(20,24)6/h9,18,21-24,26-27,34-35H,10-17H2,1-8H3/t21-,22+,23-,24-,26+,27-,29-,30+,31-,32-/m1/s1. The number of aliphatic hydroxyl groups excluding tert-OH is 2. The Bertz CT molecular complexity index is 1010. The summed E-state index contributed by atoms with van der Waals surface area (Å²) in [5.41, 5.74) is 0.188. The van der Waals surface area contributed by atoms with Crippen molar-refractivity contribution in [2.75, 3.05) is 6.61 Å². The third kappa shape index (κ3) is 3.41. The average Bonchev–Trinajstić information content (AvgIpc) is 3.11. The molecule has 5 rings (SSSR count). The lowest BCUT2D eigenvalue weighted by molar-refractivity contribution is -0.210. The zero-order chi connectivity index (χ0) is 27.3. The molecule has 0 unspecified atom stereocenters. The van der Waals surface area contributed by atoms with Crippen LogP contribution in [0.4, 0.5) is 0 Å². The topological polar surface area (TPSA) is 83.8 Å². The molecule has 0 aromatic heterocycles. The van der Waals surface area contributed by atoms with Crippen molar-refractivity contribution in [2.24, 2.45) is 56.7 Å². The highest BCUT2D eigenvalue weighted by Crippen LogP contribution is 2.76. The molecule has 2 N–H and O–H groups in total. The van der Waals surface area contributed by atoms with Crippen LogP contribution in [-0.4, -0.2) is 40.8 Å². The van der Waals surface area contributed by atoms with Crippen LogP contribution in [0.5, 0.6) is 0 Å². The number of allylic oxidation sites excluding steroid dienone is 1. The van der Waals surface area contributed by atoms with Gasteiger partial charge in [-0.25, -0.2) is 0 Å².